The molecule has 1 aliphatic carbocycles. The molecule has 0 amide bonds. The molecule has 2 aliphatic heterocycles. The van der Waals surface area contributed by atoms with Gasteiger partial charge in [0.15, 0.2) is 24.3 Å². The van der Waals surface area contributed by atoms with E-state index >= 15 is 0 Å². The van der Waals surface area contributed by atoms with Crippen LogP contribution in [0.5, 0.6) is 0 Å². The Balaban J connectivity index is 1.17. The van der Waals surface area contributed by atoms with Crippen LogP contribution in [0.3, 0.4) is 0 Å². The molecule has 2 saturated heterocycles. The van der Waals surface area contributed by atoms with Crippen LogP contribution in [-0.4, -0.2) is 47.1 Å². The monoisotopic (exact) mass is 457 g/mol. The molecule has 2 aromatic heterocycles. The fourth-order valence-electron chi connectivity index (χ4n) is 5.00. The molecule has 0 atom stereocenters. The highest BCUT2D eigenvalue weighted by Gasteiger charge is 2.50. The van der Waals surface area contributed by atoms with Gasteiger partial charge in [-0.05, 0) is 60.9 Å². The molecule has 1 N–H and O–H groups in total. The van der Waals surface area contributed by atoms with E-state index < -0.39 is 0 Å². The topological polar surface area (TPSA) is 74.1 Å². The van der Waals surface area contributed by atoms with Gasteiger partial charge in [-0.1, -0.05) is 0 Å². The van der Waals surface area contributed by atoms with E-state index in [0.717, 1.165) is 48.2 Å². The number of nitrogens with one attached hydrogen (secondary N) is 1. The maximum Gasteiger partial charge on any atom is 0.204 e. The van der Waals surface area contributed by atoms with Crippen molar-refractivity contribution in [1.29, 1.82) is 5.26 Å². The summed E-state index contributed by atoms with van der Waals surface area (Å²) in [4.78, 5) is 4.50. The number of nitrogens with zero attached hydrogens (tertiary/aromatic N) is 3. The summed E-state index contributed by atoms with van der Waals surface area (Å²) in [7, 11) is 0. The Bertz CT molecular complexity index is 969. The van der Waals surface area contributed by atoms with Crippen LogP contribution in [0.15, 0.2) is 21.2 Å². The van der Waals surface area contributed by atoms with E-state index in [1.165, 1.54) is 32.1 Å². The zero-order valence-electron chi connectivity index (χ0n) is 16.5. The van der Waals surface area contributed by atoms with Crippen molar-refractivity contribution in [2.45, 2.75) is 56.6 Å². The minimum Gasteiger partial charge on any atom is -0.444 e. The van der Waals surface area contributed by atoms with Crippen molar-refractivity contribution in [2.75, 3.05) is 25.0 Å². The first-order valence-corrected chi connectivity index (χ1v) is 11.4. The van der Waals surface area contributed by atoms with E-state index in [1.54, 1.807) is 12.3 Å². The summed E-state index contributed by atoms with van der Waals surface area (Å²) >= 11 is 3.63. The van der Waals surface area contributed by atoms with Crippen molar-refractivity contribution in [3.05, 3.63) is 22.5 Å². The second-order valence-electron chi connectivity index (χ2n) is 8.72. The van der Waals surface area contributed by atoms with Crippen LogP contribution < -0.4 is 5.32 Å². The fraction of sp³-hybridized carbons (Fsp3) is 0.591. The molecule has 0 bridgehead atoms. The molecule has 7 heteroatoms. The van der Waals surface area contributed by atoms with Crippen molar-refractivity contribution >= 4 is 38.9 Å². The summed E-state index contributed by atoms with van der Waals surface area (Å²) in [6.07, 6.45) is 12.6. The standard InChI is InChI=1S/C22H26BrN4O2/c23-20-18-9-17(10-24)29-19(18)11-25-21(20)26-16-5-3-15(4-6-16)12-27-13-22(14-27)7-1-2-8-28-22/h9,11-12,15-16H,1-8,13-14H2,(H,25,26)/q+1. The Morgan fingerprint density at radius 1 is 1.28 bits per heavy atom. The molecular weight excluding hydrogens is 432 g/mol. The minimum absolute atomic E-state index is 0.169. The van der Waals surface area contributed by atoms with Crippen LogP contribution in [-0.2, 0) is 4.74 Å². The quantitative estimate of drug-likeness (QED) is 0.688. The largest absolute Gasteiger partial charge is 0.444 e. The Kier molecular flexibility index (Phi) is 5.09. The van der Waals surface area contributed by atoms with Crippen LogP contribution in [0.25, 0.3) is 11.0 Å². The van der Waals surface area contributed by atoms with E-state index in [1.807, 2.05) is 6.07 Å². The van der Waals surface area contributed by atoms with Crippen LogP contribution in [0, 0.1) is 17.2 Å². The first kappa shape index (κ1) is 19.1. The second-order valence-corrected chi connectivity index (χ2v) is 9.51. The molecule has 0 aromatic carbocycles. The van der Waals surface area contributed by atoms with E-state index in [2.05, 4.69) is 37.0 Å². The predicted octanol–water partition coefficient (Wildman–Crippen LogP) is 4.47. The predicted molar refractivity (Wildman–Crippen MR) is 114 cm³/mol. The smallest absolute Gasteiger partial charge is 0.204 e. The number of hydrogen-bond acceptors (Lipinski definition) is 5. The number of ether oxygens (including phenoxy) is 1. The summed E-state index contributed by atoms with van der Waals surface area (Å²) < 4.78 is 14.8. The third-order valence-corrected chi connectivity index (χ3v) is 7.38. The molecule has 2 aromatic rings. The van der Waals surface area contributed by atoms with Crippen molar-refractivity contribution in [3.8, 4) is 6.07 Å². The highest BCUT2D eigenvalue weighted by atomic mass is 79.9. The lowest BCUT2D eigenvalue weighted by Gasteiger charge is -2.41. The Hall–Kier alpha value is -1.91. The van der Waals surface area contributed by atoms with Crippen LogP contribution in [0.2, 0.25) is 0 Å². The zero-order valence-corrected chi connectivity index (χ0v) is 18.1. The summed E-state index contributed by atoms with van der Waals surface area (Å²) in [5.41, 5.74) is 0.800. The van der Waals surface area contributed by atoms with Gasteiger partial charge in [-0.3, -0.25) is 0 Å². The number of aromatic nitrogens is 1. The SMILES string of the molecule is N#Cc1cc2c(Br)c(NC3CCC(C=[N+]4CC5(CCCCO5)C4)CC3)ncc2o1. The third kappa shape index (κ3) is 3.80. The van der Waals surface area contributed by atoms with Gasteiger partial charge in [-0.2, -0.15) is 5.26 Å². The Morgan fingerprint density at radius 3 is 2.83 bits per heavy atom. The van der Waals surface area contributed by atoms with Crippen LogP contribution in [0.1, 0.15) is 50.7 Å². The van der Waals surface area contributed by atoms with Crippen molar-refractivity contribution in [2.24, 2.45) is 5.92 Å². The molecule has 4 heterocycles. The minimum atomic E-state index is 0.169. The van der Waals surface area contributed by atoms with Crippen molar-refractivity contribution < 1.29 is 13.7 Å². The van der Waals surface area contributed by atoms with Crippen molar-refractivity contribution in [1.82, 2.24) is 4.98 Å². The number of pyridine rings is 1. The summed E-state index contributed by atoms with van der Waals surface area (Å²) in [5, 5.41) is 13.5. The summed E-state index contributed by atoms with van der Waals surface area (Å²) in [5.74, 6) is 1.80. The van der Waals surface area contributed by atoms with E-state index in [0.29, 0.717) is 23.3 Å². The first-order chi connectivity index (χ1) is 14.1. The lowest BCUT2D eigenvalue weighted by molar-refractivity contribution is -0.633. The molecule has 1 spiro atoms. The molecule has 5 rings (SSSR count). The Morgan fingerprint density at radius 2 is 2.10 bits per heavy atom. The molecule has 6 nitrogen and oxygen atoms in total. The molecule has 3 fully saturated rings. The molecule has 0 unspecified atom stereocenters. The van der Waals surface area contributed by atoms with Crippen LogP contribution >= 0.6 is 15.9 Å². The van der Waals surface area contributed by atoms with Gasteiger partial charge < -0.3 is 14.5 Å². The van der Waals surface area contributed by atoms with Gasteiger partial charge >= 0.3 is 0 Å². The van der Waals surface area contributed by atoms with E-state index in [-0.39, 0.29) is 5.60 Å². The Labute approximate surface area is 179 Å². The number of anilines is 1. The lowest BCUT2D eigenvalue weighted by Crippen LogP contribution is -2.60. The number of nitriles is 1. The molecular formula is C22H26BrN4O2+. The van der Waals surface area contributed by atoms with Gasteiger partial charge in [0.05, 0.1) is 10.7 Å². The molecule has 1 saturated carbocycles. The van der Waals surface area contributed by atoms with E-state index in [4.69, 9.17) is 14.4 Å². The number of fused-ring (bicyclic) bond motifs is 1. The summed E-state index contributed by atoms with van der Waals surface area (Å²) in [6, 6.07) is 4.22. The number of hydrogen-bond donors (Lipinski definition) is 1. The van der Waals surface area contributed by atoms with Gasteiger partial charge in [0, 0.05) is 30.0 Å². The molecule has 29 heavy (non-hydrogen) atoms. The highest BCUT2D eigenvalue weighted by molar-refractivity contribution is 9.10. The zero-order chi connectivity index (χ0) is 19.8. The van der Waals surface area contributed by atoms with Gasteiger partial charge in [0.2, 0.25) is 5.76 Å². The first-order valence-electron chi connectivity index (χ1n) is 10.6. The molecule has 152 valence electrons. The van der Waals surface area contributed by atoms with Gasteiger partial charge in [0.25, 0.3) is 0 Å². The number of rotatable bonds is 3. The van der Waals surface area contributed by atoms with Crippen molar-refractivity contribution in [3.63, 3.8) is 0 Å². The maximum atomic E-state index is 9.03. The van der Waals surface area contributed by atoms with Crippen LogP contribution in [0.4, 0.5) is 5.82 Å². The average Bonchev–Trinajstić information content (AvgIpc) is 3.15. The maximum absolute atomic E-state index is 9.03. The molecule has 3 aliphatic rings. The number of halogens is 1. The van der Waals surface area contributed by atoms with Gasteiger partial charge in [-0.15, -0.1) is 0 Å². The fourth-order valence-corrected chi connectivity index (χ4v) is 5.53. The van der Waals surface area contributed by atoms with Gasteiger partial charge in [0.1, 0.15) is 18.1 Å². The third-order valence-electron chi connectivity index (χ3n) is 6.58. The van der Waals surface area contributed by atoms with Gasteiger partial charge in [-0.25, -0.2) is 9.56 Å². The molecule has 0 radical (unpaired) electrons. The number of furan rings is 1. The second kappa shape index (κ2) is 7.73. The summed E-state index contributed by atoms with van der Waals surface area (Å²) in [6.45, 7) is 3.10. The normalized spacial score (nSPS) is 29.4. The van der Waals surface area contributed by atoms with E-state index in [9.17, 15) is 0 Å². The average molecular weight is 458 g/mol. The lowest BCUT2D eigenvalue weighted by atomic mass is 9.84. The highest BCUT2D eigenvalue weighted by Crippen LogP contribution is 2.35.